The number of phenols is 1. The van der Waals surface area contributed by atoms with E-state index >= 15 is 0 Å². The summed E-state index contributed by atoms with van der Waals surface area (Å²) in [5.74, 6) is -4.89. The standard InChI is InChI=1S/C11H14O3.C6H8O7.Na.H2O/c1-8(2)7-14-11(13)9-3-5-10(12)6-4-9;7-3(8)1-6(13,5(11)12)2-4(9)10;;/h3-6,8,12H,7H2,1-2H3;13H,1-2H2,(H,7,8)(H,9,10)(H,11,12);;1H2/q;;+1;/p-1. The summed E-state index contributed by atoms with van der Waals surface area (Å²) in [6.45, 7) is 4.37. The molecular formula is C17H23NaO11. The van der Waals surface area contributed by atoms with Crippen molar-refractivity contribution < 1.29 is 84.5 Å². The average Bonchev–Trinajstić information content (AvgIpc) is 2.52. The van der Waals surface area contributed by atoms with Gasteiger partial charge in [-0.1, -0.05) is 13.8 Å². The molecule has 1 aromatic rings. The van der Waals surface area contributed by atoms with Gasteiger partial charge in [-0.3, -0.25) is 9.59 Å². The van der Waals surface area contributed by atoms with Crippen molar-refractivity contribution in [2.24, 2.45) is 5.92 Å². The van der Waals surface area contributed by atoms with E-state index in [9.17, 15) is 19.2 Å². The van der Waals surface area contributed by atoms with Crippen molar-refractivity contribution in [3.8, 4) is 5.75 Å². The summed E-state index contributed by atoms with van der Waals surface area (Å²) in [4.78, 5) is 41.8. The molecule has 0 radical (unpaired) electrons. The molecule has 0 saturated heterocycles. The minimum atomic E-state index is -2.74. The molecule has 0 spiro atoms. The maximum atomic E-state index is 11.4. The molecule has 0 aromatic heterocycles. The molecule has 0 heterocycles. The number of esters is 1. The Labute approximate surface area is 188 Å². The number of aliphatic carboxylic acids is 3. The SMILES string of the molecule is CC(C)COC(=O)c1ccc(O)cc1.O=C(O)CC(O)(CC(=O)O)C(=O)O.[Na+].[OH-]. The summed E-state index contributed by atoms with van der Waals surface area (Å²) >= 11 is 0. The van der Waals surface area contributed by atoms with Crippen LogP contribution in [0.5, 0.6) is 5.75 Å². The van der Waals surface area contributed by atoms with E-state index in [1.807, 2.05) is 13.8 Å². The molecule has 0 fully saturated rings. The first-order chi connectivity index (χ1) is 12.4. The van der Waals surface area contributed by atoms with Crippen LogP contribution in [-0.2, 0) is 19.1 Å². The van der Waals surface area contributed by atoms with E-state index in [4.69, 9.17) is 30.3 Å². The Kier molecular flexibility index (Phi) is 16.0. The summed E-state index contributed by atoms with van der Waals surface area (Å²) < 4.78 is 5.01. The third kappa shape index (κ3) is 13.6. The number of carboxylic acids is 3. The molecule has 0 atom stereocenters. The van der Waals surface area contributed by atoms with Gasteiger partial charge in [0.15, 0.2) is 5.60 Å². The average molecular weight is 426 g/mol. The van der Waals surface area contributed by atoms with E-state index in [1.54, 1.807) is 0 Å². The fourth-order valence-electron chi connectivity index (χ4n) is 1.64. The monoisotopic (exact) mass is 426 g/mol. The molecule has 0 aliphatic heterocycles. The third-order valence-electron chi connectivity index (χ3n) is 2.94. The van der Waals surface area contributed by atoms with Gasteiger partial charge >= 0.3 is 53.4 Å². The number of carbonyl (C=O) groups excluding carboxylic acids is 1. The van der Waals surface area contributed by atoms with Crippen LogP contribution >= 0.6 is 0 Å². The predicted molar refractivity (Wildman–Crippen MR) is 92.3 cm³/mol. The maximum absolute atomic E-state index is 11.4. The second kappa shape index (κ2) is 14.8. The van der Waals surface area contributed by atoms with Gasteiger partial charge in [-0.2, -0.15) is 0 Å². The van der Waals surface area contributed by atoms with Crippen LogP contribution in [0.3, 0.4) is 0 Å². The smallest absolute Gasteiger partial charge is 0.870 e. The second-order valence-corrected chi connectivity index (χ2v) is 6.02. The van der Waals surface area contributed by atoms with Crippen LogP contribution in [0.2, 0.25) is 0 Å². The molecule has 11 nitrogen and oxygen atoms in total. The molecule has 1 aromatic carbocycles. The van der Waals surface area contributed by atoms with Crippen molar-refractivity contribution in [2.75, 3.05) is 6.61 Å². The Bertz CT molecular complexity index is 654. The van der Waals surface area contributed by atoms with E-state index < -0.39 is 36.4 Å². The van der Waals surface area contributed by atoms with E-state index in [0.29, 0.717) is 18.1 Å². The normalized spacial score (nSPS) is 9.79. The van der Waals surface area contributed by atoms with Gasteiger partial charge in [-0.25, -0.2) is 9.59 Å². The molecule has 158 valence electrons. The topological polar surface area (TPSA) is 209 Å². The largest absolute Gasteiger partial charge is 1.00 e. The van der Waals surface area contributed by atoms with E-state index in [2.05, 4.69) is 0 Å². The van der Waals surface area contributed by atoms with Gasteiger partial charge in [-0.05, 0) is 30.2 Å². The number of aromatic hydroxyl groups is 1. The van der Waals surface area contributed by atoms with Crippen LogP contribution < -0.4 is 29.6 Å². The first kappa shape index (κ1) is 31.5. The second-order valence-electron chi connectivity index (χ2n) is 6.02. The zero-order valence-corrected chi connectivity index (χ0v) is 18.2. The zero-order chi connectivity index (χ0) is 21.2. The Balaban J connectivity index is -0.000000438. The summed E-state index contributed by atoms with van der Waals surface area (Å²) in [6, 6.07) is 6.01. The third-order valence-corrected chi connectivity index (χ3v) is 2.94. The van der Waals surface area contributed by atoms with Gasteiger partial charge in [0.2, 0.25) is 0 Å². The summed E-state index contributed by atoms with van der Waals surface area (Å²) in [5.41, 5.74) is -2.28. The number of aliphatic hydroxyl groups is 1. The molecule has 6 N–H and O–H groups in total. The van der Waals surface area contributed by atoms with Crippen molar-refractivity contribution >= 4 is 23.9 Å². The van der Waals surface area contributed by atoms with Gasteiger partial charge < -0.3 is 35.7 Å². The zero-order valence-electron chi connectivity index (χ0n) is 16.2. The van der Waals surface area contributed by atoms with Crippen LogP contribution in [0.15, 0.2) is 24.3 Å². The van der Waals surface area contributed by atoms with Gasteiger partial charge in [-0.15, -0.1) is 0 Å². The summed E-state index contributed by atoms with van der Waals surface area (Å²) in [7, 11) is 0. The number of hydrogen-bond acceptors (Lipinski definition) is 8. The fraction of sp³-hybridized carbons (Fsp3) is 0.412. The van der Waals surface area contributed by atoms with Gasteiger partial charge in [0.05, 0.1) is 25.0 Å². The molecule has 0 aliphatic carbocycles. The molecule has 1 rings (SSSR count). The Morgan fingerprint density at radius 3 is 1.69 bits per heavy atom. The van der Waals surface area contributed by atoms with Crippen LogP contribution in [-0.4, -0.2) is 67.1 Å². The number of phenolic OH excluding ortho intramolecular Hbond substituents is 1. The number of carboxylic acid groups (broad SMARTS) is 3. The van der Waals surface area contributed by atoms with Crippen LogP contribution in [0.1, 0.15) is 37.0 Å². The van der Waals surface area contributed by atoms with Crippen molar-refractivity contribution in [2.45, 2.75) is 32.3 Å². The first-order valence-corrected chi connectivity index (χ1v) is 7.73. The number of rotatable bonds is 8. The molecular weight excluding hydrogens is 403 g/mol. The van der Waals surface area contributed by atoms with Gasteiger partial charge in [0.25, 0.3) is 0 Å². The fourth-order valence-corrected chi connectivity index (χ4v) is 1.64. The van der Waals surface area contributed by atoms with Crippen molar-refractivity contribution in [1.29, 1.82) is 0 Å². The van der Waals surface area contributed by atoms with Crippen LogP contribution in [0, 0.1) is 5.92 Å². The van der Waals surface area contributed by atoms with Crippen LogP contribution in [0.4, 0.5) is 0 Å². The van der Waals surface area contributed by atoms with E-state index in [0.717, 1.165) is 0 Å². The Morgan fingerprint density at radius 1 is 0.966 bits per heavy atom. The molecule has 0 amide bonds. The van der Waals surface area contributed by atoms with Crippen LogP contribution in [0.25, 0.3) is 0 Å². The Morgan fingerprint density at radius 2 is 1.38 bits per heavy atom. The molecule has 12 heteroatoms. The van der Waals surface area contributed by atoms with Crippen molar-refractivity contribution in [1.82, 2.24) is 0 Å². The molecule has 29 heavy (non-hydrogen) atoms. The van der Waals surface area contributed by atoms with E-state index in [1.165, 1.54) is 24.3 Å². The van der Waals surface area contributed by atoms with Crippen molar-refractivity contribution in [3.05, 3.63) is 29.8 Å². The molecule has 0 aliphatic rings. The minimum Gasteiger partial charge on any atom is -0.870 e. The number of hydrogen-bond donors (Lipinski definition) is 5. The number of benzene rings is 1. The minimum absolute atomic E-state index is 0. The molecule has 0 unspecified atom stereocenters. The summed E-state index contributed by atoms with van der Waals surface area (Å²) in [5, 5.41) is 42.8. The van der Waals surface area contributed by atoms with E-state index in [-0.39, 0.29) is 46.8 Å². The summed E-state index contributed by atoms with van der Waals surface area (Å²) in [6.07, 6.45) is -2.29. The molecule has 0 saturated carbocycles. The number of carbonyl (C=O) groups is 4. The van der Waals surface area contributed by atoms with Gasteiger partial charge in [0, 0.05) is 0 Å². The number of ether oxygens (including phenoxy) is 1. The van der Waals surface area contributed by atoms with Crippen molar-refractivity contribution in [3.63, 3.8) is 0 Å². The first-order valence-electron chi connectivity index (χ1n) is 7.73. The quantitative estimate of drug-likeness (QED) is 0.222. The predicted octanol–water partition coefficient (Wildman–Crippen LogP) is -2.22. The molecule has 0 bridgehead atoms. The Hall–Kier alpha value is -2.18. The van der Waals surface area contributed by atoms with Gasteiger partial charge in [0.1, 0.15) is 5.75 Å². The maximum Gasteiger partial charge on any atom is 1.00 e.